The largest absolute Gasteiger partial charge is 0.465 e. The van der Waals surface area contributed by atoms with Crippen LogP contribution in [0.2, 0.25) is 0 Å². The van der Waals surface area contributed by atoms with Crippen LogP contribution in [0.4, 0.5) is 0 Å². The zero-order valence-electron chi connectivity index (χ0n) is 14.5. The molecule has 1 atom stereocenters. The van der Waals surface area contributed by atoms with Crippen LogP contribution < -0.4 is 5.32 Å². The van der Waals surface area contributed by atoms with E-state index in [-0.39, 0.29) is 17.1 Å². The Kier molecular flexibility index (Phi) is 7.63. The molecule has 0 spiro atoms. The van der Waals surface area contributed by atoms with Crippen LogP contribution in [0.25, 0.3) is 0 Å². The van der Waals surface area contributed by atoms with E-state index in [0.717, 1.165) is 12.8 Å². The van der Waals surface area contributed by atoms with Gasteiger partial charge in [0, 0.05) is 17.9 Å². The van der Waals surface area contributed by atoms with Gasteiger partial charge in [-0.2, -0.15) is 0 Å². The summed E-state index contributed by atoms with van der Waals surface area (Å²) in [7, 11) is 0. The molecule has 22 heavy (non-hydrogen) atoms. The first-order chi connectivity index (χ1) is 10.3. The maximum absolute atomic E-state index is 11.9. The third-order valence-electron chi connectivity index (χ3n) is 3.83. The molecular weight excluding hydrogens is 278 g/mol. The molecule has 1 amide bonds. The molecule has 1 aliphatic rings. The van der Waals surface area contributed by atoms with Gasteiger partial charge in [0.15, 0.2) is 17.8 Å². The van der Waals surface area contributed by atoms with E-state index < -0.39 is 6.10 Å². The summed E-state index contributed by atoms with van der Waals surface area (Å²) in [5, 5.41) is 2.65. The van der Waals surface area contributed by atoms with Crippen LogP contribution in [0, 0.1) is 5.41 Å². The molecular formula is C18H31NO3. The van der Waals surface area contributed by atoms with Gasteiger partial charge < -0.3 is 4.74 Å². The summed E-state index contributed by atoms with van der Waals surface area (Å²) in [5.41, 5.74) is -0.277. The van der Waals surface area contributed by atoms with Crippen molar-refractivity contribution in [1.82, 2.24) is 5.32 Å². The average molecular weight is 309 g/mol. The topological polar surface area (TPSA) is 55.4 Å². The van der Waals surface area contributed by atoms with Crippen LogP contribution in [0.5, 0.6) is 0 Å². The first-order valence-electron chi connectivity index (χ1n) is 8.56. The maximum Gasteiger partial charge on any atom is 0.268 e. The Bertz CT molecular complexity index is 407. The normalized spacial score (nSPS) is 20.1. The highest BCUT2D eigenvalue weighted by molar-refractivity contribution is 5.92. The number of carbonyl (C=O) groups excluding carboxylic acids is 2. The van der Waals surface area contributed by atoms with Crippen LogP contribution in [0.15, 0.2) is 12.0 Å². The van der Waals surface area contributed by atoms with E-state index >= 15 is 0 Å². The second-order valence-electron chi connectivity index (χ2n) is 7.20. The fourth-order valence-corrected chi connectivity index (χ4v) is 2.51. The van der Waals surface area contributed by atoms with E-state index in [0.29, 0.717) is 12.3 Å². The number of rotatable bonds is 9. The Morgan fingerprint density at radius 2 is 1.73 bits per heavy atom. The number of ether oxygens (including phenoxy) is 1. The molecule has 1 saturated heterocycles. The molecule has 1 N–H and O–H groups in total. The monoisotopic (exact) mass is 309 g/mol. The smallest absolute Gasteiger partial charge is 0.268 e. The van der Waals surface area contributed by atoms with Crippen molar-refractivity contribution >= 4 is 11.7 Å². The molecule has 4 nitrogen and oxygen atoms in total. The van der Waals surface area contributed by atoms with Crippen LogP contribution in [-0.4, -0.2) is 17.8 Å². The van der Waals surface area contributed by atoms with Crippen LogP contribution in [0.1, 0.15) is 79.1 Å². The molecule has 0 aliphatic carbocycles. The minimum Gasteiger partial charge on any atom is -0.465 e. The number of amides is 1. The Hall–Kier alpha value is -1.32. The van der Waals surface area contributed by atoms with E-state index in [1.165, 1.54) is 38.2 Å². The summed E-state index contributed by atoms with van der Waals surface area (Å²) in [4.78, 5) is 23.7. The number of unbranched alkanes of at least 4 members (excludes halogenated alkanes) is 6. The van der Waals surface area contributed by atoms with Gasteiger partial charge in [0.25, 0.3) is 5.91 Å². The molecule has 0 radical (unpaired) electrons. The van der Waals surface area contributed by atoms with Crippen molar-refractivity contribution in [3.63, 3.8) is 0 Å². The first-order valence-corrected chi connectivity index (χ1v) is 8.56. The minimum atomic E-state index is -0.523. The first kappa shape index (κ1) is 18.7. The third kappa shape index (κ3) is 6.63. The number of hydrogen-bond acceptors (Lipinski definition) is 3. The number of carbonyl (C=O) groups is 2. The Balaban J connectivity index is 2.26. The van der Waals surface area contributed by atoms with Crippen molar-refractivity contribution in [2.45, 2.75) is 85.2 Å². The van der Waals surface area contributed by atoms with Crippen LogP contribution in [-0.2, 0) is 14.3 Å². The summed E-state index contributed by atoms with van der Waals surface area (Å²) in [6.45, 7) is 8.04. The molecule has 4 heteroatoms. The maximum atomic E-state index is 11.9. The molecule has 0 bridgehead atoms. The van der Waals surface area contributed by atoms with Gasteiger partial charge in [-0.1, -0.05) is 66.2 Å². The molecule has 1 heterocycles. The van der Waals surface area contributed by atoms with Crippen molar-refractivity contribution in [3.8, 4) is 0 Å². The predicted octanol–water partition coefficient (Wildman–Crippen LogP) is 4.10. The van der Waals surface area contributed by atoms with Gasteiger partial charge in [0.1, 0.15) is 0 Å². The lowest BCUT2D eigenvalue weighted by Crippen LogP contribution is -2.34. The lowest BCUT2D eigenvalue weighted by atomic mass is 9.89. The average Bonchev–Trinajstić information content (AvgIpc) is 2.78. The minimum absolute atomic E-state index is 0.0263. The zero-order chi connectivity index (χ0) is 16.6. The number of allylic oxidation sites excluding steroid dienone is 1. The van der Waals surface area contributed by atoms with E-state index in [1.54, 1.807) is 0 Å². The Morgan fingerprint density at radius 3 is 2.27 bits per heavy atom. The molecule has 1 fully saturated rings. The second kappa shape index (κ2) is 8.96. The summed E-state index contributed by atoms with van der Waals surface area (Å²) in [5.74, 6) is 0.166. The van der Waals surface area contributed by atoms with E-state index in [4.69, 9.17) is 4.74 Å². The molecule has 126 valence electrons. The molecule has 0 saturated carbocycles. The lowest BCUT2D eigenvalue weighted by molar-refractivity contribution is -0.127. The van der Waals surface area contributed by atoms with Crippen molar-refractivity contribution in [2.24, 2.45) is 5.41 Å². The molecule has 0 aromatic carbocycles. The van der Waals surface area contributed by atoms with Crippen LogP contribution >= 0.6 is 0 Å². The zero-order valence-corrected chi connectivity index (χ0v) is 14.5. The van der Waals surface area contributed by atoms with Crippen molar-refractivity contribution < 1.29 is 14.3 Å². The van der Waals surface area contributed by atoms with Crippen molar-refractivity contribution in [1.29, 1.82) is 0 Å². The predicted molar refractivity (Wildman–Crippen MR) is 88.2 cm³/mol. The van der Waals surface area contributed by atoms with E-state index in [9.17, 15) is 9.59 Å². The van der Waals surface area contributed by atoms with Gasteiger partial charge in [0.2, 0.25) is 0 Å². The molecule has 1 aliphatic heterocycles. The van der Waals surface area contributed by atoms with E-state index in [1.807, 2.05) is 20.8 Å². The lowest BCUT2D eigenvalue weighted by Gasteiger charge is -2.22. The van der Waals surface area contributed by atoms with Crippen molar-refractivity contribution in [3.05, 3.63) is 12.0 Å². The van der Waals surface area contributed by atoms with Crippen molar-refractivity contribution in [2.75, 3.05) is 0 Å². The highest BCUT2D eigenvalue weighted by Crippen LogP contribution is 2.27. The van der Waals surface area contributed by atoms with Gasteiger partial charge >= 0.3 is 0 Å². The van der Waals surface area contributed by atoms with Gasteiger partial charge in [-0.15, -0.1) is 0 Å². The standard InChI is InChI=1S/C18H31NO3/c1-5-6-7-8-9-10-11-12-14(20)13-15-19-17(21)16(22-15)18(2,3)4/h13,16H,5-12H2,1-4H3,(H,19,21)/b15-13+/t16-/m1/s1. The summed E-state index contributed by atoms with van der Waals surface area (Å²) >= 11 is 0. The molecule has 0 aromatic heterocycles. The highest BCUT2D eigenvalue weighted by Gasteiger charge is 2.39. The van der Waals surface area contributed by atoms with Gasteiger partial charge in [-0.05, 0) is 6.42 Å². The second-order valence-corrected chi connectivity index (χ2v) is 7.20. The summed E-state index contributed by atoms with van der Waals surface area (Å²) in [6, 6.07) is 0. The molecule has 0 unspecified atom stereocenters. The summed E-state index contributed by atoms with van der Waals surface area (Å²) < 4.78 is 5.56. The molecule has 0 aromatic rings. The fourth-order valence-electron chi connectivity index (χ4n) is 2.51. The van der Waals surface area contributed by atoms with Gasteiger partial charge in [-0.25, -0.2) is 0 Å². The number of hydrogen-bond donors (Lipinski definition) is 1. The Labute approximate surface area is 134 Å². The fraction of sp³-hybridized carbons (Fsp3) is 0.778. The summed E-state index contributed by atoms with van der Waals surface area (Å²) in [6.07, 6.45) is 9.75. The third-order valence-corrected chi connectivity index (χ3v) is 3.83. The van der Waals surface area contributed by atoms with Crippen LogP contribution in [0.3, 0.4) is 0 Å². The SMILES string of the molecule is CCCCCCCCCC(=O)/C=C1\NC(=O)[C@H](C(C)(C)C)O1. The van der Waals surface area contributed by atoms with Gasteiger partial charge in [-0.3, -0.25) is 14.9 Å². The highest BCUT2D eigenvalue weighted by atomic mass is 16.5. The number of ketones is 1. The number of nitrogens with one attached hydrogen (secondary N) is 1. The quantitative estimate of drug-likeness (QED) is 0.515. The molecule has 1 rings (SSSR count). The van der Waals surface area contributed by atoms with E-state index in [2.05, 4.69) is 12.2 Å². The van der Waals surface area contributed by atoms with Gasteiger partial charge in [0.05, 0.1) is 0 Å². The Morgan fingerprint density at radius 1 is 1.14 bits per heavy atom.